The van der Waals surface area contributed by atoms with Gasteiger partial charge in [0.15, 0.2) is 0 Å². The second kappa shape index (κ2) is 1.99. The Morgan fingerprint density at radius 3 is 2.14 bits per heavy atom. The monoisotopic (exact) mass is 112 g/mol. The molecule has 40 valence electrons. The van der Waals surface area contributed by atoms with E-state index in [0.717, 1.165) is 11.1 Å². The average molecular weight is 112 g/mol. The zero-order valence-electron chi connectivity index (χ0n) is 5.07. The number of rotatable bonds is 2. The molecular weight excluding hydrogens is 100 g/mol. The van der Waals surface area contributed by atoms with Gasteiger partial charge in [0, 0.05) is 9.52 Å². The van der Waals surface area contributed by atoms with E-state index in [1.807, 2.05) is 0 Å². The third kappa shape index (κ3) is 2.12. The lowest BCUT2D eigenvalue weighted by molar-refractivity contribution is 1.04. The zero-order valence-corrected chi connectivity index (χ0v) is 6.07. The van der Waals surface area contributed by atoms with Crippen molar-refractivity contribution in [1.29, 1.82) is 0 Å². The van der Waals surface area contributed by atoms with Crippen LogP contribution in [0.2, 0.25) is 11.1 Å². The van der Waals surface area contributed by atoms with Crippen LogP contribution in [0.25, 0.3) is 0 Å². The topological polar surface area (TPSA) is 0 Å². The lowest BCUT2D eigenvalue weighted by atomic mass is 10.6. The molecule has 2 radical (unpaired) electrons. The van der Waals surface area contributed by atoms with E-state index < -0.39 is 0 Å². The minimum Gasteiger partial charge on any atom is -0.0656 e. The maximum atomic E-state index is 2.32. The number of hydrogen-bond donors (Lipinski definition) is 0. The van der Waals surface area contributed by atoms with E-state index in [0.29, 0.717) is 0 Å². The SMILES string of the molecule is CC(C)[Si]C1CC1. The molecule has 0 atom stereocenters. The van der Waals surface area contributed by atoms with Crippen molar-refractivity contribution < 1.29 is 0 Å². The van der Waals surface area contributed by atoms with Crippen LogP contribution in [0.5, 0.6) is 0 Å². The summed E-state index contributed by atoms with van der Waals surface area (Å²) in [5.41, 5.74) is 2.12. The van der Waals surface area contributed by atoms with Gasteiger partial charge in [-0.15, -0.1) is 0 Å². The average Bonchev–Trinajstić information content (AvgIpc) is 2.17. The van der Waals surface area contributed by atoms with Crippen molar-refractivity contribution >= 4 is 9.52 Å². The largest absolute Gasteiger partial charge is 0.0656 e. The molecule has 1 heteroatoms. The van der Waals surface area contributed by atoms with Crippen molar-refractivity contribution in [3.63, 3.8) is 0 Å². The van der Waals surface area contributed by atoms with Crippen molar-refractivity contribution in [3.8, 4) is 0 Å². The fraction of sp³-hybridized carbons (Fsp3) is 1.00. The van der Waals surface area contributed by atoms with Crippen LogP contribution in [-0.4, -0.2) is 9.52 Å². The highest BCUT2D eigenvalue weighted by Gasteiger charge is 2.22. The minimum atomic E-state index is 0.965. The highest BCUT2D eigenvalue weighted by atomic mass is 28.2. The summed E-state index contributed by atoms with van der Waals surface area (Å²) in [5.74, 6) is 0. The summed E-state index contributed by atoms with van der Waals surface area (Å²) in [4.78, 5) is 0. The van der Waals surface area contributed by atoms with Crippen LogP contribution in [0.15, 0.2) is 0 Å². The molecule has 0 saturated heterocycles. The first-order chi connectivity index (χ1) is 3.29. The first kappa shape index (κ1) is 5.36. The minimum absolute atomic E-state index is 0.965. The summed E-state index contributed by atoms with van der Waals surface area (Å²) < 4.78 is 0. The lowest BCUT2D eigenvalue weighted by Gasteiger charge is -1.96. The van der Waals surface area contributed by atoms with Crippen LogP contribution < -0.4 is 0 Å². The van der Waals surface area contributed by atoms with E-state index >= 15 is 0 Å². The van der Waals surface area contributed by atoms with E-state index in [4.69, 9.17) is 0 Å². The molecule has 0 spiro atoms. The van der Waals surface area contributed by atoms with Gasteiger partial charge in [-0.25, -0.2) is 0 Å². The Bertz CT molecular complexity index is 55.2. The van der Waals surface area contributed by atoms with E-state index in [9.17, 15) is 0 Å². The van der Waals surface area contributed by atoms with Gasteiger partial charge >= 0.3 is 0 Å². The fourth-order valence-electron chi connectivity index (χ4n) is 0.721. The summed E-state index contributed by atoms with van der Waals surface area (Å²) >= 11 is 0. The molecule has 1 aliphatic rings. The van der Waals surface area contributed by atoms with Gasteiger partial charge in [-0.05, 0) is 5.54 Å². The van der Waals surface area contributed by atoms with Crippen LogP contribution in [0.1, 0.15) is 26.7 Å². The van der Waals surface area contributed by atoms with Gasteiger partial charge in [-0.1, -0.05) is 32.2 Å². The molecule has 0 aromatic carbocycles. The van der Waals surface area contributed by atoms with Crippen LogP contribution in [0.3, 0.4) is 0 Å². The van der Waals surface area contributed by atoms with Crippen LogP contribution in [-0.2, 0) is 0 Å². The summed E-state index contributed by atoms with van der Waals surface area (Å²) in [5, 5.41) is 0. The van der Waals surface area contributed by atoms with E-state index in [1.165, 1.54) is 22.4 Å². The molecule has 0 bridgehead atoms. The maximum Gasteiger partial charge on any atom is 0.0442 e. The van der Waals surface area contributed by atoms with Crippen LogP contribution in [0, 0.1) is 0 Å². The molecular formula is C6H12Si. The Hall–Kier alpha value is 0.217. The third-order valence-corrected chi connectivity index (χ3v) is 2.86. The predicted octanol–water partition coefficient (Wildman–Crippen LogP) is 2.10. The van der Waals surface area contributed by atoms with E-state index in [1.54, 1.807) is 0 Å². The van der Waals surface area contributed by atoms with Gasteiger partial charge in [-0.3, -0.25) is 0 Å². The highest BCUT2D eigenvalue weighted by Crippen LogP contribution is 2.37. The van der Waals surface area contributed by atoms with Crippen molar-refractivity contribution in [2.24, 2.45) is 0 Å². The first-order valence-electron chi connectivity index (χ1n) is 3.05. The van der Waals surface area contributed by atoms with Gasteiger partial charge < -0.3 is 0 Å². The first-order valence-corrected chi connectivity index (χ1v) is 4.20. The molecule has 7 heavy (non-hydrogen) atoms. The van der Waals surface area contributed by atoms with Crippen molar-refractivity contribution in [2.75, 3.05) is 0 Å². The Balaban J connectivity index is 1.97. The second-order valence-electron chi connectivity index (χ2n) is 2.60. The van der Waals surface area contributed by atoms with E-state index in [2.05, 4.69) is 13.8 Å². The normalized spacial score (nSPS) is 21.0. The molecule has 0 aliphatic heterocycles. The molecule has 1 saturated carbocycles. The Labute approximate surface area is 48.1 Å². The number of hydrogen-bond acceptors (Lipinski definition) is 0. The van der Waals surface area contributed by atoms with Gasteiger partial charge in [0.1, 0.15) is 0 Å². The predicted molar refractivity (Wildman–Crippen MR) is 33.8 cm³/mol. The summed E-state index contributed by atoms with van der Waals surface area (Å²) in [6, 6.07) is 0. The Kier molecular flexibility index (Phi) is 1.52. The van der Waals surface area contributed by atoms with Crippen LogP contribution >= 0.6 is 0 Å². The van der Waals surface area contributed by atoms with Gasteiger partial charge in [-0.2, -0.15) is 0 Å². The highest BCUT2D eigenvalue weighted by molar-refractivity contribution is 6.40. The smallest absolute Gasteiger partial charge is 0.0442 e. The Morgan fingerprint density at radius 1 is 1.43 bits per heavy atom. The quantitative estimate of drug-likeness (QED) is 0.480. The Morgan fingerprint density at radius 2 is 2.00 bits per heavy atom. The van der Waals surface area contributed by atoms with Crippen molar-refractivity contribution in [2.45, 2.75) is 37.8 Å². The maximum absolute atomic E-state index is 2.32. The molecule has 0 aromatic rings. The summed E-state index contributed by atoms with van der Waals surface area (Å²) in [7, 11) is 1.26. The molecule has 0 unspecified atom stereocenters. The summed E-state index contributed by atoms with van der Waals surface area (Å²) in [6.07, 6.45) is 3.05. The molecule has 0 heterocycles. The van der Waals surface area contributed by atoms with Crippen LogP contribution in [0.4, 0.5) is 0 Å². The van der Waals surface area contributed by atoms with Gasteiger partial charge in [0.05, 0.1) is 0 Å². The van der Waals surface area contributed by atoms with Crippen molar-refractivity contribution in [1.82, 2.24) is 0 Å². The second-order valence-corrected chi connectivity index (χ2v) is 4.90. The van der Waals surface area contributed by atoms with E-state index in [-0.39, 0.29) is 0 Å². The zero-order chi connectivity index (χ0) is 5.28. The molecule has 1 rings (SSSR count). The third-order valence-electron chi connectivity index (χ3n) is 1.15. The molecule has 0 nitrogen and oxygen atoms in total. The standard InChI is InChI=1S/C6H12Si/c1-5(2)7-6-3-4-6/h5-6H,3-4H2,1-2H3. The molecule has 0 amide bonds. The summed E-state index contributed by atoms with van der Waals surface area (Å²) in [6.45, 7) is 4.63. The fourth-order valence-corrected chi connectivity index (χ4v) is 2.16. The lowest BCUT2D eigenvalue weighted by Crippen LogP contribution is -1.92. The van der Waals surface area contributed by atoms with Gasteiger partial charge in [0.2, 0.25) is 0 Å². The molecule has 0 aromatic heterocycles. The molecule has 1 fully saturated rings. The molecule has 1 aliphatic carbocycles. The van der Waals surface area contributed by atoms with Crippen molar-refractivity contribution in [3.05, 3.63) is 0 Å². The van der Waals surface area contributed by atoms with Gasteiger partial charge in [0.25, 0.3) is 0 Å². The molecule has 0 N–H and O–H groups in total.